The summed E-state index contributed by atoms with van der Waals surface area (Å²) in [6.45, 7) is 6.33. The van der Waals surface area contributed by atoms with E-state index in [0.717, 1.165) is 23.3 Å². The van der Waals surface area contributed by atoms with Gasteiger partial charge in [0.15, 0.2) is 6.61 Å². The van der Waals surface area contributed by atoms with Crippen LogP contribution >= 0.6 is 0 Å². The summed E-state index contributed by atoms with van der Waals surface area (Å²) in [5.74, 6) is 1.40. The van der Waals surface area contributed by atoms with Crippen LogP contribution < -0.4 is 10.1 Å². The maximum Gasteiger partial charge on any atom is 0.258 e. The minimum absolute atomic E-state index is 0.00796. The van der Waals surface area contributed by atoms with Crippen LogP contribution in [0.4, 0.5) is 0 Å². The van der Waals surface area contributed by atoms with E-state index in [-0.39, 0.29) is 12.5 Å². The van der Waals surface area contributed by atoms with E-state index in [0.29, 0.717) is 12.0 Å². The Hall–Kier alpha value is -1.51. The third-order valence-electron chi connectivity index (χ3n) is 4.21. The lowest BCUT2D eigenvalue weighted by Crippen LogP contribution is -2.43. The van der Waals surface area contributed by atoms with E-state index >= 15 is 0 Å². The number of nitrogens with one attached hydrogen (secondary N) is 1. The molecule has 0 saturated heterocycles. The van der Waals surface area contributed by atoms with Gasteiger partial charge in [-0.3, -0.25) is 4.79 Å². The first-order valence-corrected chi connectivity index (χ1v) is 7.56. The second kappa shape index (κ2) is 6.78. The molecule has 0 aliphatic heterocycles. The molecule has 3 nitrogen and oxygen atoms in total. The topological polar surface area (TPSA) is 38.3 Å². The van der Waals surface area contributed by atoms with Crippen molar-refractivity contribution in [1.82, 2.24) is 5.32 Å². The molecule has 1 fully saturated rings. The Balaban J connectivity index is 1.86. The van der Waals surface area contributed by atoms with Gasteiger partial charge in [0.05, 0.1) is 0 Å². The number of carbonyl (C=O) groups is 1. The Labute approximate surface area is 121 Å². The molecule has 1 N–H and O–H groups in total. The number of benzene rings is 1. The summed E-state index contributed by atoms with van der Waals surface area (Å²) in [4.78, 5) is 12.0. The summed E-state index contributed by atoms with van der Waals surface area (Å²) in [5, 5.41) is 3.11. The van der Waals surface area contributed by atoms with E-state index < -0.39 is 0 Å². The summed E-state index contributed by atoms with van der Waals surface area (Å²) in [6.07, 6.45) is 4.80. The summed E-state index contributed by atoms with van der Waals surface area (Å²) in [5.41, 5.74) is 2.15. The van der Waals surface area contributed by atoms with Crippen LogP contribution in [0.5, 0.6) is 5.75 Å². The van der Waals surface area contributed by atoms with E-state index in [2.05, 4.69) is 12.2 Å². The summed E-state index contributed by atoms with van der Waals surface area (Å²) >= 11 is 0. The van der Waals surface area contributed by atoms with Gasteiger partial charge < -0.3 is 10.1 Å². The molecule has 20 heavy (non-hydrogen) atoms. The summed E-state index contributed by atoms with van der Waals surface area (Å²) in [7, 11) is 0. The number of aryl methyl sites for hydroxylation is 2. The molecule has 1 aliphatic carbocycles. The Morgan fingerprint density at radius 3 is 2.55 bits per heavy atom. The molecule has 0 heterocycles. The van der Waals surface area contributed by atoms with Crippen LogP contribution in [0.3, 0.4) is 0 Å². The summed E-state index contributed by atoms with van der Waals surface area (Å²) in [6, 6.07) is 6.33. The zero-order valence-electron chi connectivity index (χ0n) is 12.7. The van der Waals surface area contributed by atoms with Crippen molar-refractivity contribution in [3.05, 3.63) is 29.3 Å². The molecule has 1 amide bonds. The molecule has 3 heteroatoms. The van der Waals surface area contributed by atoms with Gasteiger partial charge in [-0.2, -0.15) is 0 Å². The highest BCUT2D eigenvalue weighted by atomic mass is 16.5. The maximum atomic E-state index is 12.0. The number of amides is 1. The standard InChI is InChI=1S/C17H25NO2/c1-12-7-4-5-10-15(12)18-16(19)11-20-17-13(2)8-6-9-14(17)3/h6,8-9,12,15H,4-5,7,10-11H2,1-3H3,(H,18,19)/t12-,15-/m0/s1. The van der Waals surface area contributed by atoms with E-state index in [9.17, 15) is 4.79 Å². The van der Waals surface area contributed by atoms with Gasteiger partial charge in [0.2, 0.25) is 0 Å². The van der Waals surface area contributed by atoms with Crippen molar-refractivity contribution >= 4 is 5.91 Å². The molecule has 1 aromatic rings. The fourth-order valence-electron chi connectivity index (χ4n) is 2.94. The van der Waals surface area contributed by atoms with Crippen molar-refractivity contribution < 1.29 is 9.53 Å². The van der Waals surface area contributed by atoms with Crippen LogP contribution in [0.2, 0.25) is 0 Å². The van der Waals surface area contributed by atoms with Crippen molar-refractivity contribution in [2.45, 2.75) is 52.5 Å². The first kappa shape index (κ1) is 14.9. The van der Waals surface area contributed by atoms with Crippen LogP contribution in [0.15, 0.2) is 18.2 Å². The second-order valence-corrected chi connectivity index (χ2v) is 5.95. The Morgan fingerprint density at radius 2 is 1.90 bits per heavy atom. The minimum atomic E-state index is -0.00796. The van der Waals surface area contributed by atoms with E-state index in [1.54, 1.807) is 0 Å². The Bertz CT molecular complexity index is 450. The smallest absolute Gasteiger partial charge is 0.258 e. The molecule has 1 saturated carbocycles. The molecule has 0 unspecified atom stereocenters. The molecule has 0 spiro atoms. The first-order valence-electron chi connectivity index (χ1n) is 7.56. The van der Waals surface area contributed by atoms with Crippen LogP contribution in [-0.2, 0) is 4.79 Å². The number of hydrogen-bond donors (Lipinski definition) is 1. The molecule has 2 atom stereocenters. The van der Waals surface area contributed by atoms with E-state index in [1.165, 1.54) is 19.3 Å². The zero-order chi connectivity index (χ0) is 14.5. The highest BCUT2D eigenvalue weighted by Gasteiger charge is 2.22. The van der Waals surface area contributed by atoms with Crippen molar-refractivity contribution in [2.75, 3.05) is 6.61 Å². The van der Waals surface area contributed by atoms with Gasteiger partial charge in [-0.05, 0) is 43.7 Å². The molecule has 0 aromatic heterocycles. The molecule has 1 aliphatic rings. The van der Waals surface area contributed by atoms with Gasteiger partial charge in [-0.25, -0.2) is 0 Å². The average Bonchev–Trinajstić information content (AvgIpc) is 2.41. The van der Waals surface area contributed by atoms with Crippen LogP contribution in [0.25, 0.3) is 0 Å². The van der Waals surface area contributed by atoms with Gasteiger partial charge >= 0.3 is 0 Å². The highest BCUT2D eigenvalue weighted by Crippen LogP contribution is 2.24. The zero-order valence-corrected chi connectivity index (χ0v) is 12.7. The third kappa shape index (κ3) is 3.75. The monoisotopic (exact) mass is 275 g/mol. The van der Waals surface area contributed by atoms with Crippen molar-refractivity contribution in [3.63, 3.8) is 0 Å². The number of hydrogen-bond acceptors (Lipinski definition) is 2. The number of ether oxygens (including phenoxy) is 1. The maximum absolute atomic E-state index is 12.0. The number of para-hydroxylation sites is 1. The SMILES string of the molecule is Cc1cccc(C)c1OCC(=O)N[C@H]1CCCC[C@@H]1C. The Kier molecular flexibility index (Phi) is 5.05. The number of carbonyl (C=O) groups excluding carboxylic acids is 1. The molecule has 2 rings (SSSR count). The second-order valence-electron chi connectivity index (χ2n) is 5.95. The third-order valence-corrected chi connectivity index (χ3v) is 4.21. The van der Waals surface area contributed by atoms with Gasteiger partial charge in [0.1, 0.15) is 5.75 Å². The van der Waals surface area contributed by atoms with Crippen molar-refractivity contribution in [3.8, 4) is 5.75 Å². The van der Waals surface area contributed by atoms with Crippen LogP contribution in [0, 0.1) is 19.8 Å². The quantitative estimate of drug-likeness (QED) is 0.915. The van der Waals surface area contributed by atoms with E-state index in [4.69, 9.17) is 4.74 Å². The highest BCUT2D eigenvalue weighted by molar-refractivity contribution is 5.78. The molecular formula is C17H25NO2. The lowest BCUT2D eigenvalue weighted by molar-refractivity contribution is -0.124. The largest absolute Gasteiger partial charge is 0.483 e. The predicted molar refractivity (Wildman–Crippen MR) is 81.0 cm³/mol. The Morgan fingerprint density at radius 1 is 1.25 bits per heavy atom. The van der Waals surface area contributed by atoms with Gasteiger partial charge in [0, 0.05) is 6.04 Å². The fraction of sp³-hybridized carbons (Fsp3) is 0.588. The molecule has 0 bridgehead atoms. The molecule has 110 valence electrons. The first-order chi connectivity index (χ1) is 9.58. The minimum Gasteiger partial charge on any atom is -0.483 e. The molecule has 0 radical (unpaired) electrons. The van der Waals surface area contributed by atoms with Crippen molar-refractivity contribution in [1.29, 1.82) is 0 Å². The van der Waals surface area contributed by atoms with Gasteiger partial charge in [-0.1, -0.05) is 38.0 Å². The predicted octanol–water partition coefficient (Wildman–Crippen LogP) is 3.38. The van der Waals surface area contributed by atoms with Crippen molar-refractivity contribution in [2.24, 2.45) is 5.92 Å². The average molecular weight is 275 g/mol. The van der Waals surface area contributed by atoms with Crippen LogP contribution in [0.1, 0.15) is 43.7 Å². The normalized spacial score (nSPS) is 22.4. The molecule has 1 aromatic carbocycles. The van der Waals surface area contributed by atoms with E-state index in [1.807, 2.05) is 32.0 Å². The molecular weight excluding hydrogens is 250 g/mol. The fourth-order valence-corrected chi connectivity index (χ4v) is 2.94. The lowest BCUT2D eigenvalue weighted by atomic mass is 9.86. The number of rotatable bonds is 4. The lowest BCUT2D eigenvalue weighted by Gasteiger charge is -2.29. The van der Waals surface area contributed by atoms with Gasteiger partial charge in [-0.15, -0.1) is 0 Å². The summed E-state index contributed by atoms with van der Waals surface area (Å²) < 4.78 is 5.69. The van der Waals surface area contributed by atoms with Crippen LogP contribution in [-0.4, -0.2) is 18.6 Å². The van der Waals surface area contributed by atoms with Gasteiger partial charge in [0.25, 0.3) is 5.91 Å².